The van der Waals surface area contributed by atoms with Crippen molar-refractivity contribution in [1.29, 1.82) is 0 Å². The Kier molecular flexibility index (Phi) is 3.85. The molecular weight excluding hydrogens is 314 g/mol. The maximum Gasteiger partial charge on any atom is 0.137 e. The highest BCUT2D eigenvalue weighted by molar-refractivity contribution is 9.10. The minimum absolute atomic E-state index is 0.300. The molecule has 2 N–H and O–H groups in total. The summed E-state index contributed by atoms with van der Waals surface area (Å²) < 4.78 is 1.11. The molecule has 3 rings (SSSR count). The summed E-state index contributed by atoms with van der Waals surface area (Å²) in [5, 5.41) is 4.73. The predicted molar refractivity (Wildman–Crippen MR) is 85.5 cm³/mol. The van der Waals surface area contributed by atoms with Crippen molar-refractivity contribution in [3.63, 3.8) is 0 Å². The number of aromatic amines is 1. The normalized spacial score (nSPS) is 12.7. The monoisotopic (exact) mass is 329 g/mol. The summed E-state index contributed by atoms with van der Waals surface area (Å²) in [5.74, 6) is 0. The number of pyridine rings is 1. The third-order valence-electron chi connectivity index (χ3n) is 3.48. The van der Waals surface area contributed by atoms with E-state index in [0.717, 1.165) is 16.7 Å². The fraction of sp³-hybridized carbons (Fsp3) is 0.188. The molecule has 20 heavy (non-hydrogen) atoms. The Labute approximate surface area is 126 Å². The summed E-state index contributed by atoms with van der Waals surface area (Å²) in [6, 6.07) is 12.8. The van der Waals surface area contributed by atoms with Gasteiger partial charge in [-0.25, -0.2) is 4.98 Å². The number of rotatable bonds is 4. The summed E-state index contributed by atoms with van der Waals surface area (Å²) in [6.07, 6.45) is 3.83. The van der Waals surface area contributed by atoms with Crippen LogP contribution in [0.3, 0.4) is 0 Å². The Balaban J connectivity index is 1.73. The number of nitrogens with zero attached hydrogens (tertiary/aromatic N) is 1. The molecule has 1 atom stereocenters. The molecule has 0 unspecified atom stereocenters. The largest absolute Gasteiger partial charge is 0.346 e. The summed E-state index contributed by atoms with van der Waals surface area (Å²) in [4.78, 5) is 7.51. The Hall–Kier alpha value is -1.65. The van der Waals surface area contributed by atoms with Crippen molar-refractivity contribution >= 4 is 27.0 Å². The van der Waals surface area contributed by atoms with Crippen LogP contribution in [-0.4, -0.2) is 9.97 Å². The van der Waals surface area contributed by atoms with Gasteiger partial charge in [-0.1, -0.05) is 28.1 Å². The second kappa shape index (κ2) is 5.77. The number of fused-ring (bicyclic) bond motifs is 1. The van der Waals surface area contributed by atoms with Gasteiger partial charge in [0, 0.05) is 34.8 Å². The molecule has 0 saturated carbocycles. The Morgan fingerprint density at radius 1 is 1.30 bits per heavy atom. The number of benzene rings is 1. The third-order valence-corrected chi connectivity index (χ3v) is 3.98. The molecule has 1 aromatic carbocycles. The van der Waals surface area contributed by atoms with Crippen molar-refractivity contribution in [2.45, 2.75) is 19.5 Å². The van der Waals surface area contributed by atoms with Crippen LogP contribution in [0.25, 0.3) is 11.0 Å². The van der Waals surface area contributed by atoms with Gasteiger partial charge in [0.1, 0.15) is 5.65 Å². The Bertz CT molecular complexity index is 720. The van der Waals surface area contributed by atoms with E-state index >= 15 is 0 Å². The smallest absolute Gasteiger partial charge is 0.137 e. The Morgan fingerprint density at radius 2 is 2.20 bits per heavy atom. The molecule has 3 nitrogen and oxygen atoms in total. The minimum atomic E-state index is 0.300. The van der Waals surface area contributed by atoms with Crippen LogP contribution in [0.4, 0.5) is 0 Å². The zero-order chi connectivity index (χ0) is 13.9. The first-order valence-corrected chi connectivity index (χ1v) is 7.43. The zero-order valence-corrected chi connectivity index (χ0v) is 12.8. The summed E-state index contributed by atoms with van der Waals surface area (Å²) in [7, 11) is 0. The Morgan fingerprint density at radius 3 is 3.05 bits per heavy atom. The lowest BCUT2D eigenvalue weighted by atomic mass is 10.1. The molecule has 0 aliphatic heterocycles. The zero-order valence-electron chi connectivity index (χ0n) is 11.2. The number of halogens is 1. The van der Waals surface area contributed by atoms with E-state index in [4.69, 9.17) is 0 Å². The maximum atomic E-state index is 4.31. The van der Waals surface area contributed by atoms with E-state index < -0.39 is 0 Å². The van der Waals surface area contributed by atoms with Crippen molar-refractivity contribution in [1.82, 2.24) is 15.3 Å². The van der Waals surface area contributed by atoms with E-state index in [9.17, 15) is 0 Å². The number of hydrogen-bond acceptors (Lipinski definition) is 2. The van der Waals surface area contributed by atoms with Crippen LogP contribution in [0.15, 0.2) is 53.3 Å². The quantitative estimate of drug-likeness (QED) is 0.753. The first-order chi connectivity index (χ1) is 9.74. The van der Waals surface area contributed by atoms with Crippen LogP contribution < -0.4 is 5.32 Å². The van der Waals surface area contributed by atoms with E-state index in [2.05, 4.69) is 62.4 Å². The van der Waals surface area contributed by atoms with Gasteiger partial charge in [0.2, 0.25) is 0 Å². The number of aromatic nitrogens is 2. The molecule has 3 aromatic rings. The number of nitrogens with one attached hydrogen (secondary N) is 2. The predicted octanol–water partition coefficient (Wildman–Crippen LogP) is 4.18. The minimum Gasteiger partial charge on any atom is -0.346 e. The van der Waals surface area contributed by atoms with Crippen molar-refractivity contribution < 1.29 is 0 Å². The molecule has 0 saturated heterocycles. The average Bonchev–Trinajstić information content (AvgIpc) is 2.88. The fourth-order valence-electron chi connectivity index (χ4n) is 2.32. The lowest BCUT2D eigenvalue weighted by Gasteiger charge is -2.14. The van der Waals surface area contributed by atoms with Crippen molar-refractivity contribution in [2.24, 2.45) is 0 Å². The van der Waals surface area contributed by atoms with Crippen LogP contribution in [-0.2, 0) is 6.54 Å². The average molecular weight is 330 g/mol. The molecule has 0 fully saturated rings. The summed E-state index contributed by atoms with van der Waals surface area (Å²) in [6.45, 7) is 2.99. The van der Waals surface area contributed by atoms with E-state index in [1.807, 2.05) is 18.3 Å². The lowest BCUT2D eigenvalue weighted by molar-refractivity contribution is 0.576. The number of H-pyrrole nitrogens is 1. The molecular formula is C16H16BrN3. The number of hydrogen-bond donors (Lipinski definition) is 2. The molecule has 0 amide bonds. The molecule has 2 aromatic heterocycles. The van der Waals surface area contributed by atoms with Gasteiger partial charge in [0.15, 0.2) is 0 Å². The van der Waals surface area contributed by atoms with Gasteiger partial charge in [0.05, 0.1) is 0 Å². The van der Waals surface area contributed by atoms with Crippen molar-refractivity contribution in [3.05, 3.63) is 64.4 Å². The second-order valence-electron chi connectivity index (χ2n) is 4.87. The molecule has 0 radical (unpaired) electrons. The highest BCUT2D eigenvalue weighted by atomic mass is 79.9. The van der Waals surface area contributed by atoms with Gasteiger partial charge in [-0.05, 0) is 42.3 Å². The fourth-order valence-corrected chi connectivity index (χ4v) is 2.73. The highest BCUT2D eigenvalue weighted by Gasteiger charge is 2.08. The molecule has 0 bridgehead atoms. The maximum absolute atomic E-state index is 4.31. The van der Waals surface area contributed by atoms with E-state index in [-0.39, 0.29) is 0 Å². The standard InChI is InChI=1S/C16H16BrN3/c1-11(12-4-2-5-14(17)8-12)19-9-13-10-20-16-15(13)6-3-7-18-16/h2-8,10-11,19H,9H2,1H3,(H,18,20)/t11-/m0/s1. The second-order valence-corrected chi connectivity index (χ2v) is 5.79. The van der Waals surface area contributed by atoms with Crippen LogP contribution in [0.5, 0.6) is 0 Å². The van der Waals surface area contributed by atoms with E-state index in [1.54, 1.807) is 6.20 Å². The summed E-state index contributed by atoms with van der Waals surface area (Å²) >= 11 is 3.51. The molecule has 102 valence electrons. The van der Waals surface area contributed by atoms with Gasteiger partial charge in [-0.2, -0.15) is 0 Å². The lowest BCUT2D eigenvalue weighted by Crippen LogP contribution is -2.17. The molecule has 0 aliphatic carbocycles. The van der Waals surface area contributed by atoms with E-state index in [1.165, 1.54) is 16.5 Å². The first-order valence-electron chi connectivity index (χ1n) is 6.64. The molecule has 4 heteroatoms. The van der Waals surface area contributed by atoms with Gasteiger partial charge < -0.3 is 10.3 Å². The van der Waals surface area contributed by atoms with Crippen LogP contribution in [0.2, 0.25) is 0 Å². The van der Waals surface area contributed by atoms with Gasteiger partial charge >= 0.3 is 0 Å². The molecule has 0 aliphatic rings. The van der Waals surface area contributed by atoms with Crippen molar-refractivity contribution in [2.75, 3.05) is 0 Å². The van der Waals surface area contributed by atoms with Crippen molar-refractivity contribution in [3.8, 4) is 0 Å². The van der Waals surface area contributed by atoms with Gasteiger partial charge in [-0.15, -0.1) is 0 Å². The van der Waals surface area contributed by atoms with Crippen LogP contribution >= 0.6 is 15.9 Å². The first kappa shape index (κ1) is 13.3. The van der Waals surface area contributed by atoms with E-state index in [0.29, 0.717) is 6.04 Å². The van der Waals surface area contributed by atoms with Gasteiger partial charge in [-0.3, -0.25) is 0 Å². The topological polar surface area (TPSA) is 40.7 Å². The molecule has 0 spiro atoms. The van der Waals surface area contributed by atoms with Gasteiger partial charge in [0.25, 0.3) is 0 Å². The van der Waals surface area contributed by atoms with Crippen LogP contribution in [0, 0.1) is 0 Å². The molecule has 2 heterocycles. The SMILES string of the molecule is C[C@H](NCc1c[nH]c2ncccc12)c1cccc(Br)c1. The van der Waals surface area contributed by atoms with Crippen LogP contribution in [0.1, 0.15) is 24.1 Å². The third kappa shape index (κ3) is 2.76. The highest BCUT2D eigenvalue weighted by Crippen LogP contribution is 2.20. The summed E-state index contributed by atoms with van der Waals surface area (Å²) in [5.41, 5.74) is 3.46.